The zero-order valence-corrected chi connectivity index (χ0v) is 11.2. The minimum atomic E-state index is -0.430. The number of methoxy groups -OCH3 is 2. The molecule has 0 saturated heterocycles. The molecule has 0 aliphatic rings. The molecule has 6 heteroatoms. The maximum Gasteiger partial charge on any atom is 0.337 e. The number of nitrogens with zero attached hydrogens (tertiary/aromatic N) is 1. The molecule has 0 fully saturated rings. The molecule has 0 bridgehead atoms. The molecule has 20 heavy (non-hydrogen) atoms. The number of ether oxygens (including phenoxy) is 2. The van der Waals surface area contributed by atoms with Crippen LogP contribution in [0.2, 0.25) is 0 Å². The Balaban J connectivity index is 2.32. The Morgan fingerprint density at radius 2 is 2.10 bits per heavy atom. The van der Waals surface area contributed by atoms with Gasteiger partial charge in [0.2, 0.25) is 0 Å². The van der Waals surface area contributed by atoms with E-state index in [2.05, 4.69) is 14.7 Å². The second-order valence-corrected chi connectivity index (χ2v) is 4.08. The summed E-state index contributed by atoms with van der Waals surface area (Å²) in [6, 6.07) is 6.34. The third-order valence-corrected chi connectivity index (χ3v) is 2.79. The summed E-state index contributed by atoms with van der Waals surface area (Å²) >= 11 is 0. The van der Waals surface area contributed by atoms with Gasteiger partial charge in [0.25, 0.3) is 5.56 Å². The van der Waals surface area contributed by atoms with Crippen LogP contribution in [0.3, 0.4) is 0 Å². The van der Waals surface area contributed by atoms with E-state index in [9.17, 15) is 9.59 Å². The van der Waals surface area contributed by atoms with Crippen molar-refractivity contribution in [1.29, 1.82) is 0 Å². The largest absolute Gasteiger partial charge is 0.496 e. The number of aromatic nitrogens is 2. The van der Waals surface area contributed by atoms with Gasteiger partial charge in [-0.2, -0.15) is 0 Å². The topological polar surface area (TPSA) is 81.3 Å². The third kappa shape index (κ3) is 3.03. The summed E-state index contributed by atoms with van der Waals surface area (Å²) < 4.78 is 9.91. The Morgan fingerprint density at radius 1 is 1.30 bits per heavy atom. The number of H-pyrrole nitrogens is 1. The van der Waals surface area contributed by atoms with Crippen molar-refractivity contribution < 1.29 is 14.3 Å². The highest BCUT2D eigenvalue weighted by Crippen LogP contribution is 2.22. The van der Waals surface area contributed by atoms with E-state index in [1.54, 1.807) is 18.2 Å². The van der Waals surface area contributed by atoms with Gasteiger partial charge in [-0.25, -0.2) is 9.78 Å². The first kappa shape index (κ1) is 13.8. The van der Waals surface area contributed by atoms with Crippen LogP contribution in [-0.4, -0.2) is 30.2 Å². The van der Waals surface area contributed by atoms with E-state index in [0.29, 0.717) is 23.6 Å². The van der Waals surface area contributed by atoms with E-state index < -0.39 is 5.97 Å². The first-order chi connectivity index (χ1) is 9.63. The Labute approximate surface area is 115 Å². The van der Waals surface area contributed by atoms with E-state index >= 15 is 0 Å². The number of esters is 1. The van der Waals surface area contributed by atoms with Gasteiger partial charge in [-0.1, -0.05) is 6.07 Å². The van der Waals surface area contributed by atoms with E-state index in [1.165, 1.54) is 26.5 Å². The predicted octanol–water partition coefficient (Wildman–Crippen LogP) is 1.16. The van der Waals surface area contributed by atoms with Crippen molar-refractivity contribution in [3.8, 4) is 5.75 Å². The third-order valence-electron chi connectivity index (χ3n) is 2.79. The van der Waals surface area contributed by atoms with Crippen LogP contribution in [0.25, 0.3) is 0 Å². The number of hydrogen-bond donors (Lipinski definition) is 1. The van der Waals surface area contributed by atoms with Crippen LogP contribution in [0.4, 0.5) is 0 Å². The summed E-state index contributed by atoms with van der Waals surface area (Å²) in [5, 5.41) is 0. The Kier molecular flexibility index (Phi) is 4.14. The van der Waals surface area contributed by atoms with E-state index in [4.69, 9.17) is 4.74 Å². The van der Waals surface area contributed by atoms with Gasteiger partial charge in [-0.15, -0.1) is 0 Å². The van der Waals surface area contributed by atoms with Gasteiger partial charge in [-0.05, 0) is 12.1 Å². The minimum Gasteiger partial charge on any atom is -0.496 e. The first-order valence-corrected chi connectivity index (χ1v) is 5.93. The average Bonchev–Trinajstić information content (AvgIpc) is 2.47. The summed E-state index contributed by atoms with van der Waals surface area (Å²) in [4.78, 5) is 29.4. The highest BCUT2D eigenvalue weighted by Gasteiger charge is 2.11. The fraction of sp³-hybridized carbons (Fsp3) is 0.214. The molecule has 0 unspecified atom stereocenters. The van der Waals surface area contributed by atoms with Crippen molar-refractivity contribution >= 4 is 5.97 Å². The van der Waals surface area contributed by atoms with Crippen molar-refractivity contribution in [2.24, 2.45) is 0 Å². The SMILES string of the molecule is COC(=O)c1ccc(Cc2nccc(=O)[nH]2)c(OC)c1. The molecule has 1 aromatic carbocycles. The van der Waals surface area contributed by atoms with Gasteiger partial charge in [0, 0.05) is 24.2 Å². The van der Waals surface area contributed by atoms with Crippen LogP contribution in [0.15, 0.2) is 35.3 Å². The van der Waals surface area contributed by atoms with Gasteiger partial charge in [0.1, 0.15) is 11.6 Å². The molecular formula is C14H14N2O4. The number of nitrogens with one attached hydrogen (secondary N) is 1. The summed E-state index contributed by atoms with van der Waals surface area (Å²) in [5.41, 5.74) is 1.01. The number of aromatic amines is 1. The number of hydrogen-bond acceptors (Lipinski definition) is 5. The maximum atomic E-state index is 11.5. The van der Waals surface area contributed by atoms with Crippen molar-refractivity contribution in [3.05, 3.63) is 57.8 Å². The zero-order chi connectivity index (χ0) is 14.5. The lowest BCUT2D eigenvalue weighted by molar-refractivity contribution is 0.0600. The van der Waals surface area contributed by atoms with Crippen LogP contribution in [0.1, 0.15) is 21.7 Å². The number of carbonyl (C=O) groups is 1. The van der Waals surface area contributed by atoms with Crippen LogP contribution in [0.5, 0.6) is 5.75 Å². The summed E-state index contributed by atoms with van der Waals surface area (Å²) in [7, 11) is 2.84. The second-order valence-electron chi connectivity index (χ2n) is 4.08. The summed E-state index contributed by atoms with van der Waals surface area (Å²) in [6.07, 6.45) is 1.85. The molecule has 104 valence electrons. The van der Waals surface area contributed by atoms with E-state index in [-0.39, 0.29) is 5.56 Å². The van der Waals surface area contributed by atoms with Crippen molar-refractivity contribution in [1.82, 2.24) is 9.97 Å². The monoisotopic (exact) mass is 274 g/mol. The molecule has 2 rings (SSSR count). The number of carbonyl (C=O) groups excluding carboxylic acids is 1. The Bertz CT molecular complexity index is 679. The Hall–Kier alpha value is -2.63. The lowest BCUT2D eigenvalue weighted by Gasteiger charge is -2.09. The molecule has 6 nitrogen and oxygen atoms in total. The number of benzene rings is 1. The molecule has 0 aliphatic carbocycles. The molecule has 1 heterocycles. The predicted molar refractivity (Wildman–Crippen MR) is 72.0 cm³/mol. The van der Waals surface area contributed by atoms with Crippen molar-refractivity contribution in [2.45, 2.75) is 6.42 Å². The van der Waals surface area contributed by atoms with Gasteiger partial charge in [0.05, 0.1) is 19.8 Å². The average molecular weight is 274 g/mol. The normalized spacial score (nSPS) is 10.1. The van der Waals surface area contributed by atoms with Gasteiger partial charge < -0.3 is 14.5 Å². The van der Waals surface area contributed by atoms with Crippen LogP contribution in [-0.2, 0) is 11.2 Å². The number of rotatable bonds is 4. The second kappa shape index (κ2) is 6.01. The van der Waals surface area contributed by atoms with Crippen LogP contribution < -0.4 is 10.3 Å². The molecule has 0 saturated carbocycles. The molecule has 0 radical (unpaired) electrons. The van der Waals surface area contributed by atoms with Gasteiger partial charge in [-0.3, -0.25) is 4.79 Å². The van der Waals surface area contributed by atoms with E-state index in [1.807, 2.05) is 0 Å². The van der Waals surface area contributed by atoms with Gasteiger partial charge >= 0.3 is 5.97 Å². The standard InChI is InChI=1S/C14H14N2O4/c1-19-11-7-10(14(18)20-2)4-3-9(11)8-12-15-6-5-13(17)16-12/h3-7H,8H2,1-2H3,(H,15,16,17). The highest BCUT2D eigenvalue weighted by molar-refractivity contribution is 5.89. The van der Waals surface area contributed by atoms with Crippen molar-refractivity contribution in [2.75, 3.05) is 14.2 Å². The maximum absolute atomic E-state index is 11.5. The molecular weight excluding hydrogens is 260 g/mol. The summed E-state index contributed by atoms with van der Waals surface area (Å²) in [6.45, 7) is 0. The van der Waals surface area contributed by atoms with Crippen LogP contribution in [0, 0.1) is 0 Å². The lowest BCUT2D eigenvalue weighted by Crippen LogP contribution is -2.10. The molecule has 2 aromatic rings. The summed E-state index contributed by atoms with van der Waals surface area (Å²) in [5.74, 6) is 0.641. The molecule has 1 N–H and O–H groups in total. The first-order valence-electron chi connectivity index (χ1n) is 5.93. The van der Waals surface area contributed by atoms with Crippen molar-refractivity contribution in [3.63, 3.8) is 0 Å². The molecule has 0 spiro atoms. The quantitative estimate of drug-likeness (QED) is 0.846. The fourth-order valence-corrected chi connectivity index (χ4v) is 1.82. The molecule has 1 aromatic heterocycles. The Morgan fingerprint density at radius 3 is 2.75 bits per heavy atom. The smallest absolute Gasteiger partial charge is 0.337 e. The van der Waals surface area contributed by atoms with E-state index in [0.717, 1.165) is 5.56 Å². The zero-order valence-electron chi connectivity index (χ0n) is 11.2. The molecule has 0 aliphatic heterocycles. The molecule has 0 atom stereocenters. The van der Waals surface area contributed by atoms with Gasteiger partial charge in [0.15, 0.2) is 0 Å². The van der Waals surface area contributed by atoms with Crippen LogP contribution >= 0.6 is 0 Å². The fourth-order valence-electron chi connectivity index (χ4n) is 1.82. The minimum absolute atomic E-state index is 0.208. The lowest BCUT2D eigenvalue weighted by atomic mass is 10.1. The highest BCUT2D eigenvalue weighted by atomic mass is 16.5. The molecule has 0 amide bonds.